The number of carbonyl (C=O) groups excluding carboxylic acids is 2. The van der Waals surface area contributed by atoms with E-state index in [1.165, 1.54) is 0 Å². The highest BCUT2D eigenvalue weighted by molar-refractivity contribution is 6.22. The molecule has 0 radical (unpaired) electrons. The van der Waals surface area contributed by atoms with Crippen LogP contribution in [0.3, 0.4) is 0 Å². The maximum Gasteiger partial charge on any atom is 0.416 e. The topological polar surface area (TPSA) is 63.4 Å². The SMILES string of the molecule is CCC1C(=O)N(c2ccc(C(F)(F)F)cc2)C(=O)C1CN. The molecule has 1 heterocycles. The van der Waals surface area contributed by atoms with Crippen molar-refractivity contribution in [2.24, 2.45) is 17.6 Å². The highest BCUT2D eigenvalue weighted by Crippen LogP contribution is 2.34. The molecule has 1 aromatic rings. The maximum atomic E-state index is 12.5. The molecule has 2 unspecified atom stereocenters. The number of nitrogens with two attached hydrogens (primary N) is 1. The van der Waals surface area contributed by atoms with Gasteiger partial charge in [-0.15, -0.1) is 0 Å². The van der Waals surface area contributed by atoms with E-state index in [1.54, 1.807) is 6.92 Å². The summed E-state index contributed by atoms with van der Waals surface area (Å²) in [5.41, 5.74) is 4.85. The van der Waals surface area contributed by atoms with Crippen LogP contribution in [-0.2, 0) is 15.8 Å². The lowest BCUT2D eigenvalue weighted by molar-refractivity contribution is -0.137. The minimum atomic E-state index is -4.46. The molecule has 1 aromatic carbocycles. The molecular formula is C14H15F3N2O2. The normalized spacial score (nSPS) is 23.0. The molecule has 2 N–H and O–H groups in total. The molecule has 4 nitrogen and oxygen atoms in total. The molecule has 0 bridgehead atoms. The lowest BCUT2D eigenvalue weighted by atomic mass is 9.93. The van der Waals surface area contributed by atoms with E-state index in [2.05, 4.69) is 0 Å². The van der Waals surface area contributed by atoms with Crippen molar-refractivity contribution in [3.05, 3.63) is 29.8 Å². The van der Waals surface area contributed by atoms with Crippen LogP contribution in [0.1, 0.15) is 18.9 Å². The van der Waals surface area contributed by atoms with Crippen molar-refractivity contribution in [1.29, 1.82) is 0 Å². The summed E-state index contributed by atoms with van der Waals surface area (Å²) >= 11 is 0. The zero-order valence-corrected chi connectivity index (χ0v) is 11.4. The lowest BCUT2D eigenvalue weighted by Gasteiger charge is -2.16. The summed E-state index contributed by atoms with van der Waals surface area (Å²) in [6.07, 6.45) is -3.99. The fourth-order valence-corrected chi connectivity index (χ4v) is 2.56. The van der Waals surface area contributed by atoms with Gasteiger partial charge in [0.25, 0.3) is 0 Å². The minimum Gasteiger partial charge on any atom is -0.330 e. The van der Waals surface area contributed by atoms with Gasteiger partial charge in [-0.2, -0.15) is 13.2 Å². The van der Waals surface area contributed by atoms with Crippen LogP contribution in [-0.4, -0.2) is 18.4 Å². The predicted molar refractivity (Wildman–Crippen MR) is 70.3 cm³/mol. The van der Waals surface area contributed by atoms with Crippen LogP contribution < -0.4 is 10.6 Å². The smallest absolute Gasteiger partial charge is 0.330 e. The summed E-state index contributed by atoms with van der Waals surface area (Å²) in [6, 6.07) is 3.97. The van der Waals surface area contributed by atoms with E-state index in [1.807, 2.05) is 0 Å². The third-order valence-corrected chi connectivity index (χ3v) is 3.71. The first-order valence-electron chi connectivity index (χ1n) is 6.56. The van der Waals surface area contributed by atoms with Gasteiger partial charge in [-0.3, -0.25) is 14.5 Å². The summed E-state index contributed by atoms with van der Waals surface area (Å²) in [6.45, 7) is 1.81. The number of alkyl halides is 3. The van der Waals surface area contributed by atoms with Crippen molar-refractivity contribution in [3.8, 4) is 0 Å². The van der Waals surface area contributed by atoms with Crippen LogP contribution in [0.25, 0.3) is 0 Å². The Kier molecular flexibility index (Phi) is 4.04. The molecular weight excluding hydrogens is 285 g/mol. The van der Waals surface area contributed by atoms with Crippen LogP contribution in [0, 0.1) is 11.8 Å². The number of hydrogen-bond donors (Lipinski definition) is 1. The van der Waals surface area contributed by atoms with Crippen molar-refractivity contribution in [2.45, 2.75) is 19.5 Å². The number of imide groups is 1. The molecule has 1 aliphatic rings. The third-order valence-electron chi connectivity index (χ3n) is 3.71. The standard InChI is InChI=1S/C14H15F3N2O2/c1-2-10-11(7-18)13(21)19(12(10)20)9-5-3-8(4-6-9)14(15,16)17/h3-6,10-11H,2,7,18H2,1H3. The summed E-state index contributed by atoms with van der Waals surface area (Å²) < 4.78 is 37.6. The summed E-state index contributed by atoms with van der Waals surface area (Å²) in [7, 11) is 0. The Morgan fingerprint density at radius 3 is 2.00 bits per heavy atom. The number of halogens is 3. The van der Waals surface area contributed by atoms with Gasteiger partial charge in [-0.05, 0) is 30.7 Å². The van der Waals surface area contributed by atoms with Crippen molar-refractivity contribution >= 4 is 17.5 Å². The Bertz CT molecular complexity index is 532. The Morgan fingerprint density at radius 1 is 1.10 bits per heavy atom. The van der Waals surface area contributed by atoms with Gasteiger partial charge in [0, 0.05) is 6.54 Å². The average molecular weight is 300 g/mol. The zero-order chi connectivity index (χ0) is 15.8. The van der Waals surface area contributed by atoms with Crippen molar-refractivity contribution in [2.75, 3.05) is 11.4 Å². The second-order valence-electron chi connectivity index (χ2n) is 4.91. The van der Waals surface area contributed by atoms with Gasteiger partial charge in [0.2, 0.25) is 11.8 Å². The molecule has 0 aromatic heterocycles. The van der Waals surface area contributed by atoms with Crippen LogP contribution in [0.2, 0.25) is 0 Å². The molecule has 1 saturated heterocycles. The molecule has 21 heavy (non-hydrogen) atoms. The molecule has 1 aliphatic heterocycles. The molecule has 0 aliphatic carbocycles. The largest absolute Gasteiger partial charge is 0.416 e. The van der Waals surface area contributed by atoms with E-state index >= 15 is 0 Å². The van der Waals surface area contributed by atoms with Gasteiger partial charge >= 0.3 is 6.18 Å². The fourth-order valence-electron chi connectivity index (χ4n) is 2.56. The highest BCUT2D eigenvalue weighted by Gasteiger charge is 2.46. The minimum absolute atomic E-state index is 0.0419. The number of hydrogen-bond acceptors (Lipinski definition) is 3. The van der Waals surface area contributed by atoms with Crippen molar-refractivity contribution in [1.82, 2.24) is 0 Å². The van der Waals surface area contributed by atoms with Gasteiger partial charge in [-0.25, -0.2) is 0 Å². The first-order chi connectivity index (χ1) is 9.81. The Labute approximate surface area is 119 Å². The summed E-state index contributed by atoms with van der Waals surface area (Å²) in [5.74, 6) is -1.97. The second-order valence-corrected chi connectivity index (χ2v) is 4.91. The van der Waals surface area contributed by atoms with Gasteiger partial charge in [0.1, 0.15) is 0 Å². The van der Waals surface area contributed by atoms with E-state index < -0.39 is 35.4 Å². The summed E-state index contributed by atoms with van der Waals surface area (Å²) in [5, 5.41) is 0. The number of nitrogens with zero attached hydrogens (tertiary/aromatic N) is 1. The van der Waals surface area contributed by atoms with Gasteiger partial charge in [-0.1, -0.05) is 6.92 Å². The number of benzene rings is 1. The number of anilines is 1. The molecule has 2 rings (SSSR count). The number of amides is 2. The quantitative estimate of drug-likeness (QED) is 0.870. The molecule has 1 fully saturated rings. The van der Waals surface area contributed by atoms with E-state index in [0.717, 1.165) is 29.2 Å². The van der Waals surface area contributed by atoms with Crippen LogP contribution >= 0.6 is 0 Å². The van der Waals surface area contributed by atoms with Crippen molar-refractivity contribution in [3.63, 3.8) is 0 Å². The van der Waals surface area contributed by atoms with E-state index in [9.17, 15) is 22.8 Å². The summed E-state index contributed by atoms with van der Waals surface area (Å²) in [4.78, 5) is 25.4. The van der Waals surface area contributed by atoms with Crippen LogP contribution in [0.15, 0.2) is 24.3 Å². The fraction of sp³-hybridized carbons (Fsp3) is 0.429. The Morgan fingerprint density at radius 2 is 1.62 bits per heavy atom. The maximum absolute atomic E-state index is 12.5. The molecule has 2 amide bonds. The van der Waals surface area contributed by atoms with E-state index in [0.29, 0.717) is 6.42 Å². The first kappa shape index (κ1) is 15.5. The van der Waals surface area contributed by atoms with Crippen molar-refractivity contribution < 1.29 is 22.8 Å². The predicted octanol–water partition coefficient (Wildman–Crippen LogP) is 2.18. The average Bonchev–Trinajstić information content (AvgIpc) is 2.68. The van der Waals surface area contributed by atoms with Gasteiger partial charge < -0.3 is 5.73 Å². The Balaban J connectivity index is 2.34. The number of rotatable bonds is 3. The van der Waals surface area contributed by atoms with Crippen LogP contribution in [0.5, 0.6) is 0 Å². The zero-order valence-electron chi connectivity index (χ0n) is 11.4. The van der Waals surface area contributed by atoms with E-state index in [4.69, 9.17) is 5.73 Å². The molecule has 2 atom stereocenters. The number of carbonyl (C=O) groups is 2. The first-order valence-corrected chi connectivity index (χ1v) is 6.56. The molecule has 114 valence electrons. The second kappa shape index (κ2) is 5.48. The van der Waals surface area contributed by atoms with Gasteiger partial charge in [0.15, 0.2) is 0 Å². The highest BCUT2D eigenvalue weighted by atomic mass is 19.4. The Hall–Kier alpha value is -1.89. The molecule has 7 heteroatoms. The molecule has 0 saturated carbocycles. The van der Waals surface area contributed by atoms with Crippen LogP contribution in [0.4, 0.5) is 18.9 Å². The van der Waals surface area contributed by atoms with E-state index in [-0.39, 0.29) is 12.2 Å². The third kappa shape index (κ3) is 2.65. The van der Waals surface area contributed by atoms with Gasteiger partial charge in [0.05, 0.1) is 23.1 Å². The molecule has 0 spiro atoms. The monoisotopic (exact) mass is 300 g/mol. The lowest BCUT2D eigenvalue weighted by Crippen LogP contribution is -2.32.